The summed E-state index contributed by atoms with van der Waals surface area (Å²) in [6.45, 7) is 22.9. The van der Waals surface area contributed by atoms with E-state index in [0.29, 0.717) is 23.7 Å². The SMILES string of the molecule is C=C(C)[C@H]1[C@@H]2[C@H]3CC[C@@H]4[C@@](C)(CCC(=O)O)[C@H](C(=C)C)CC[C@@]4(C)[C@]3(C)CC[C@@]2(C)C[C@@H]1O. The Morgan fingerprint density at radius 1 is 0.939 bits per heavy atom. The number of rotatable bonds is 5. The van der Waals surface area contributed by atoms with Gasteiger partial charge < -0.3 is 10.2 Å². The van der Waals surface area contributed by atoms with Crippen molar-refractivity contribution in [3.05, 3.63) is 24.3 Å². The molecule has 33 heavy (non-hydrogen) atoms. The van der Waals surface area contributed by atoms with E-state index in [0.717, 1.165) is 24.8 Å². The third kappa shape index (κ3) is 3.42. The van der Waals surface area contributed by atoms with E-state index in [2.05, 4.69) is 54.7 Å². The van der Waals surface area contributed by atoms with Crippen molar-refractivity contribution in [2.45, 2.75) is 105 Å². The van der Waals surface area contributed by atoms with Gasteiger partial charge in [-0.3, -0.25) is 4.79 Å². The molecule has 3 nitrogen and oxygen atoms in total. The first-order valence-electron chi connectivity index (χ1n) is 13.4. The molecule has 4 aliphatic carbocycles. The normalized spacial score (nSPS) is 51.2. The van der Waals surface area contributed by atoms with Gasteiger partial charge in [-0.15, -0.1) is 0 Å². The molecule has 0 radical (unpaired) electrons. The van der Waals surface area contributed by atoms with Gasteiger partial charge in [0.15, 0.2) is 0 Å². The molecule has 186 valence electrons. The molecule has 0 aromatic heterocycles. The van der Waals surface area contributed by atoms with Gasteiger partial charge in [0.05, 0.1) is 6.10 Å². The van der Waals surface area contributed by atoms with Gasteiger partial charge in [0.1, 0.15) is 0 Å². The minimum absolute atomic E-state index is 0.0189. The van der Waals surface area contributed by atoms with Crippen molar-refractivity contribution in [3.63, 3.8) is 0 Å². The highest BCUT2D eigenvalue weighted by Crippen LogP contribution is 2.76. The van der Waals surface area contributed by atoms with Crippen LogP contribution in [0.3, 0.4) is 0 Å². The van der Waals surface area contributed by atoms with Crippen molar-refractivity contribution in [2.24, 2.45) is 51.2 Å². The lowest BCUT2D eigenvalue weighted by Crippen LogP contribution is -2.63. The first-order valence-corrected chi connectivity index (χ1v) is 13.4. The maximum Gasteiger partial charge on any atom is 0.303 e. The fourth-order valence-corrected chi connectivity index (χ4v) is 10.5. The summed E-state index contributed by atoms with van der Waals surface area (Å²) in [6, 6.07) is 0. The number of aliphatic carboxylic acids is 1. The van der Waals surface area contributed by atoms with Crippen LogP contribution in [-0.2, 0) is 4.79 Å². The van der Waals surface area contributed by atoms with Gasteiger partial charge in [0, 0.05) is 12.3 Å². The summed E-state index contributed by atoms with van der Waals surface area (Å²) < 4.78 is 0. The van der Waals surface area contributed by atoms with Crippen molar-refractivity contribution < 1.29 is 15.0 Å². The van der Waals surface area contributed by atoms with Gasteiger partial charge in [0.2, 0.25) is 0 Å². The lowest BCUT2D eigenvalue weighted by molar-refractivity contribution is -0.214. The number of carboxylic acid groups (broad SMARTS) is 1. The van der Waals surface area contributed by atoms with Gasteiger partial charge in [0.25, 0.3) is 0 Å². The minimum atomic E-state index is -0.679. The van der Waals surface area contributed by atoms with Gasteiger partial charge in [-0.2, -0.15) is 0 Å². The van der Waals surface area contributed by atoms with Crippen LogP contribution in [0.4, 0.5) is 0 Å². The Morgan fingerprint density at radius 3 is 2.18 bits per heavy atom. The zero-order chi connectivity index (χ0) is 24.6. The topological polar surface area (TPSA) is 57.5 Å². The number of aliphatic hydroxyl groups is 1. The number of allylic oxidation sites excluding steroid dienone is 1. The van der Waals surface area contributed by atoms with E-state index < -0.39 is 5.97 Å². The highest BCUT2D eigenvalue weighted by Gasteiger charge is 2.69. The molecule has 0 aromatic carbocycles. The summed E-state index contributed by atoms with van der Waals surface area (Å²) in [5.74, 6) is 1.55. The summed E-state index contributed by atoms with van der Waals surface area (Å²) >= 11 is 0. The third-order valence-corrected chi connectivity index (χ3v) is 12.2. The number of carbonyl (C=O) groups is 1. The second-order valence-electron chi connectivity index (χ2n) is 13.7. The quantitative estimate of drug-likeness (QED) is 0.428. The molecule has 0 saturated heterocycles. The van der Waals surface area contributed by atoms with E-state index in [-0.39, 0.29) is 40.1 Å². The van der Waals surface area contributed by atoms with Crippen molar-refractivity contribution in [1.29, 1.82) is 0 Å². The minimum Gasteiger partial charge on any atom is -0.481 e. The molecule has 4 aliphatic rings. The van der Waals surface area contributed by atoms with Crippen LogP contribution < -0.4 is 0 Å². The Labute approximate surface area is 202 Å². The summed E-state index contributed by atoms with van der Waals surface area (Å²) in [4.78, 5) is 11.6. The van der Waals surface area contributed by atoms with Crippen molar-refractivity contribution in [2.75, 3.05) is 0 Å². The van der Waals surface area contributed by atoms with Gasteiger partial charge >= 0.3 is 5.97 Å². The number of aliphatic hydroxyl groups excluding tert-OH is 1. The Balaban J connectivity index is 1.76. The number of carboxylic acids is 1. The van der Waals surface area contributed by atoms with Gasteiger partial charge in [-0.25, -0.2) is 0 Å². The maximum atomic E-state index is 11.6. The van der Waals surface area contributed by atoms with Crippen LogP contribution in [0.25, 0.3) is 0 Å². The number of hydrogen-bond acceptors (Lipinski definition) is 2. The summed E-state index contributed by atoms with van der Waals surface area (Å²) in [7, 11) is 0. The van der Waals surface area contributed by atoms with Crippen molar-refractivity contribution in [3.8, 4) is 0 Å². The fourth-order valence-electron chi connectivity index (χ4n) is 10.5. The molecule has 10 atom stereocenters. The van der Waals surface area contributed by atoms with Gasteiger partial charge in [-0.1, -0.05) is 52.0 Å². The van der Waals surface area contributed by atoms with Crippen LogP contribution in [-0.4, -0.2) is 22.3 Å². The Bertz CT molecular complexity index is 845. The van der Waals surface area contributed by atoms with Crippen molar-refractivity contribution in [1.82, 2.24) is 0 Å². The zero-order valence-electron chi connectivity index (χ0n) is 22.0. The summed E-state index contributed by atoms with van der Waals surface area (Å²) in [5.41, 5.74) is 2.97. The molecule has 2 N–H and O–H groups in total. The molecule has 0 spiro atoms. The number of hydrogen-bond donors (Lipinski definition) is 2. The molecule has 3 heteroatoms. The first kappa shape index (κ1) is 25.0. The predicted molar refractivity (Wildman–Crippen MR) is 135 cm³/mol. The van der Waals surface area contributed by atoms with Crippen LogP contribution in [0.5, 0.6) is 0 Å². The molecule has 0 aromatic rings. The van der Waals surface area contributed by atoms with E-state index in [1.807, 2.05) is 0 Å². The molecule has 0 unspecified atom stereocenters. The first-order chi connectivity index (χ1) is 15.2. The lowest BCUT2D eigenvalue weighted by Gasteiger charge is -2.70. The Hall–Kier alpha value is -1.09. The second-order valence-corrected chi connectivity index (χ2v) is 13.7. The largest absolute Gasteiger partial charge is 0.481 e. The van der Waals surface area contributed by atoms with Gasteiger partial charge in [-0.05, 0) is 111 Å². The predicted octanol–water partition coefficient (Wildman–Crippen LogP) is 7.26. The van der Waals surface area contributed by atoms with Crippen LogP contribution in [0, 0.1) is 51.2 Å². The van der Waals surface area contributed by atoms with Crippen LogP contribution >= 0.6 is 0 Å². The molecule has 0 aliphatic heterocycles. The van der Waals surface area contributed by atoms with Crippen molar-refractivity contribution >= 4 is 5.97 Å². The fraction of sp³-hybridized carbons (Fsp3) is 0.833. The van der Waals surface area contributed by atoms with E-state index in [1.165, 1.54) is 37.7 Å². The smallest absolute Gasteiger partial charge is 0.303 e. The molecular formula is C30H48O3. The molecular weight excluding hydrogens is 408 g/mol. The van der Waals surface area contributed by atoms with E-state index in [1.54, 1.807) is 0 Å². The van der Waals surface area contributed by atoms with E-state index in [4.69, 9.17) is 0 Å². The average Bonchev–Trinajstić information content (AvgIpc) is 2.97. The summed E-state index contributed by atoms with van der Waals surface area (Å²) in [6.07, 6.45) is 8.74. The lowest BCUT2D eigenvalue weighted by atomic mass is 9.34. The number of fused-ring (bicyclic) bond motifs is 5. The summed E-state index contributed by atoms with van der Waals surface area (Å²) in [5, 5.41) is 20.7. The van der Waals surface area contributed by atoms with Crippen LogP contribution in [0.15, 0.2) is 24.3 Å². The van der Waals surface area contributed by atoms with Crippen LogP contribution in [0.1, 0.15) is 99.3 Å². The zero-order valence-corrected chi connectivity index (χ0v) is 22.0. The van der Waals surface area contributed by atoms with E-state index in [9.17, 15) is 15.0 Å². The third-order valence-electron chi connectivity index (χ3n) is 12.2. The highest BCUT2D eigenvalue weighted by molar-refractivity contribution is 5.66. The van der Waals surface area contributed by atoms with Crippen LogP contribution in [0.2, 0.25) is 0 Å². The highest BCUT2D eigenvalue weighted by atomic mass is 16.4. The monoisotopic (exact) mass is 456 g/mol. The Kier molecular flexibility index (Phi) is 6.04. The maximum absolute atomic E-state index is 11.6. The van der Waals surface area contributed by atoms with E-state index >= 15 is 0 Å². The Morgan fingerprint density at radius 2 is 1.61 bits per heavy atom. The molecule has 4 fully saturated rings. The molecule has 0 amide bonds. The standard InChI is InChI=1S/C30H48O3/c1-18(2)20-11-14-30(8)23(28(20,6)13-12-24(32)33)10-9-21-26-25(19(3)4)22(31)17-27(26,5)15-16-29(21,30)7/h20-23,25-26,31H,1,3,9-17H2,2,4-8H3,(H,32,33)/t20-,21+,22-,23+,25+,26-,27-,28-,29+,30+/m0/s1. The molecule has 4 rings (SSSR count). The molecule has 0 bridgehead atoms. The average molecular weight is 457 g/mol. The second kappa shape index (κ2) is 7.97. The molecule has 4 saturated carbocycles. The molecule has 0 heterocycles.